The lowest BCUT2D eigenvalue weighted by Crippen LogP contribution is -1.91. The van der Waals surface area contributed by atoms with Crippen molar-refractivity contribution in [1.29, 1.82) is 0 Å². The summed E-state index contributed by atoms with van der Waals surface area (Å²) in [7, 11) is 0. The Morgan fingerprint density at radius 3 is 2.65 bits per heavy atom. The van der Waals surface area contributed by atoms with Crippen LogP contribution < -0.4 is 0 Å². The van der Waals surface area contributed by atoms with E-state index in [9.17, 15) is 0 Å². The molecule has 0 radical (unpaired) electrons. The first-order valence-corrected chi connectivity index (χ1v) is 6.43. The molecule has 94 valence electrons. The third kappa shape index (κ3) is 1.06. The standard InChI is InChI=1S/C15H9N5/c1-3-7-11-9(5-1)13-14(16-11)10-6-2-4-8-12(10)20-15(13)17-18-19-20/h1-8,16H. The van der Waals surface area contributed by atoms with Crippen LogP contribution in [0.15, 0.2) is 48.5 Å². The fourth-order valence-electron chi connectivity index (χ4n) is 2.95. The summed E-state index contributed by atoms with van der Waals surface area (Å²) in [5.41, 5.74) is 3.98. The molecule has 0 aliphatic carbocycles. The van der Waals surface area contributed by atoms with E-state index < -0.39 is 0 Å². The number of aromatic nitrogens is 5. The molecule has 5 aromatic rings. The molecular formula is C15H9N5. The van der Waals surface area contributed by atoms with Crippen LogP contribution in [0.1, 0.15) is 0 Å². The molecule has 0 amide bonds. The average Bonchev–Trinajstić information content (AvgIpc) is 3.11. The molecule has 1 N–H and O–H groups in total. The van der Waals surface area contributed by atoms with Crippen LogP contribution >= 0.6 is 0 Å². The number of hydrogen-bond acceptors (Lipinski definition) is 3. The summed E-state index contributed by atoms with van der Waals surface area (Å²) in [6, 6.07) is 16.4. The third-order valence-corrected chi connectivity index (χ3v) is 3.80. The fraction of sp³-hybridized carbons (Fsp3) is 0. The zero-order valence-corrected chi connectivity index (χ0v) is 10.4. The van der Waals surface area contributed by atoms with Crippen molar-refractivity contribution in [3.8, 4) is 0 Å². The maximum Gasteiger partial charge on any atom is 0.189 e. The largest absolute Gasteiger partial charge is 0.354 e. The van der Waals surface area contributed by atoms with E-state index in [4.69, 9.17) is 0 Å². The van der Waals surface area contributed by atoms with Crippen molar-refractivity contribution in [1.82, 2.24) is 25.0 Å². The molecule has 0 aliphatic heterocycles. The molecule has 5 heteroatoms. The number of tetrazole rings is 1. The maximum atomic E-state index is 4.20. The number of hydrogen-bond donors (Lipinski definition) is 1. The third-order valence-electron chi connectivity index (χ3n) is 3.80. The van der Waals surface area contributed by atoms with Gasteiger partial charge < -0.3 is 4.98 Å². The van der Waals surface area contributed by atoms with Gasteiger partial charge in [0.25, 0.3) is 0 Å². The van der Waals surface area contributed by atoms with Crippen LogP contribution in [-0.2, 0) is 0 Å². The number of rotatable bonds is 0. The highest BCUT2D eigenvalue weighted by Gasteiger charge is 2.15. The highest BCUT2D eigenvalue weighted by Crippen LogP contribution is 2.33. The molecule has 0 fully saturated rings. The van der Waals surface area contributed by atoms with Crippen LogP contribution in [0.25, 0.3) is 38.4 Å². The van der Waals surface area contributed by atoms with Crippen molar-refractivity contribution in [3.05, 3.63) is 48.5 Å². The summed E-state index contributed by atoms with van der Waals surface area (Å²) >= 11 is 0. The van der Waals surface area contributed by atoms with E-state index in [1.54, 1.807) is 4.52 Å². The van der Waals surface area contributed by atoms with Crippen molar-refractivity contribution in [2.24, 2.45) is 0 Å². The quantitative estimate of drug-likeness (QED) is 0.465. The predicted octanol–water partition coefficient (Wildman–Crippen LogP) is 2.91. The van der Waals surface area contributed by atoms with Crippen molar-refractivity contribution < 1.29 is 0 Å². The Bertz CT molecular complexity index is 1100. The molecule has 0 atom stereocenters. The van der Waals surface area contributed by atoms with Crippen LogP contribution in [0.5, 0.6) is 0 Å². The van der Waals surface area contributed by atoms with Gasteiger partial charge in [-0.2, -0.15) is 4.52 Å². The molecule has 20 heavy (non-hydrogen) atoms. The molecule has 5 nitrogen and oxygen atoms in total. The molecular weight excluding hydrogens is 250 g/mol. The Balaban J connectivity index is 2.26. The van der Waals surface area contributed by atoms with Gasteiger partial charge in [0.1, 0.15) is 0 Å². The lowest BCUT2D eigenvalue weighted by Gasteiger charge is -2.02. The number of fused-ring (bicyclic) bond motifs is 8. The van der Waals surface area contributed by atoms with Gasteiger partial charge in [-0.05, 0) is 22.6 Å². The topological polar surface area (TPSA) is 58.9 Å². The lowest BCUT2D eigenvalue weighted by molar-refractivity contribution is 0.842. The van der Waals surface area contributed by atoms with E-state index in [0.717, 1.165) is 38.4 Å². The van der Waals surface area contributed by atoms with Crippen LogP contribution in [0, 0.1) is 0 Å². The number of aromatic amines is 1. The molecule has 0 saturated carbocycles. The minimum absolute atomic E-state index is 0.788. The van der Waals surface area contributed by atoms with E-state index >= 15 is 0 Å². The van der Waals surface area contributed by atoms with E-state index in [-0.39, 0.29) is 0 Å². The van der Waals surface area contributed by atoms with Crippen LogP contribution in [0.3, 0.4) is 0 Å². The number of nitrogens with one attached hydrogen (secondary N) is 1. The van der Waals surface area contributed by atoms with Gasteiger partial charge in [0.15, 0.2) is 5.65 Å². The number of para-hydroxylation sites is 2. The minimum Gasteiger partial charge on any atom is -0.354 e. The summed E-state index contributed by atoms with van der Waals surface area (Å²) in [6.07, 6.45) is 0. The van der Waals surface area contributed by atoms with Crippen molar-refractivity contribution >= 4 is 38.4 Å². The van der Waals surface area contributed by atoms with Crippen molar-refractivity contribution in [2.75, 3.05) is 0 Å². The van der Waals surface area contributed by atoms with Gasteiger partial charge in [-0.3, -0.25) is 0 Å². The number of benzene rings is 2. The SMILES string of the molecule is c1ccc2c(c1)[nH]c1c3ccccc3n3nnnc3c21. The maximum absolute atomic E-state index is 4.20. The van der Waals surface area contributed by atoms with E-state index in [2.05, 4.69) is 38.7 Å². The first-order valence-electron chi connectivity index (χ1n) is 6.43. The van der Waals surface area contributed by atoms with E-state index in [1.807, 2.05) is 30.3 Å². The number of H-pyrrole nitrogens is 1. The minimum atomic E-state index is 0.788. The van der Waals surface area contributed by atoms with Gasteiger partial charge in [0.05, 0.1) is 16.4 Å². The number of pyridine rings is 1. The first-order chi connectivity index (χ1) is 9.93. The lowest BCUT2D eigenvalue weighted by atomic mass is 10.1. The summed E-state index contributed by atoms with van der Waals surface area (Å²) < 4.78 is 1.80. The Labute approximate surface area is 112 Å². The molecule has 0 aliphatic rings. The fourth-order valence-corrected chi connectivity index (χ4v) is 2.95. The Hall–Kier alpha value is -2.95. The molecule has 3 aromatic heterocycles. The van der Waals surface area contributed by atoms with Gasteiger partial charge in [0.2, 0.25) is 0 Å². The van der Waals surface area contributed by atoms with Gasteiger partial charge in [-0.15, -0.1) is 5.10 Å². The molecule has 3 heterocycles. The van der Waals surface area contributed by atoms with Gasteiger partial charge in [-0.25, -0.2) is 0 Å². The van der Waals surface area contributed by atoms with Crippen LogP contribution in [-0.4, -0.2) is 25.0 Å². The monoisotopic (exact) mass is 259 g/mol. The summed E-state index contributed by atoms with van der Waals surface area (Å²) in [6.45, 7) is 0. The Morgan fingerprint density at radius 1 is 0.900 bits per heavy atom. The molecule has 5 rings (SSSR count). The molecule has 0 saturated heterocycles. The average molecular weight is 259 g/mol. The highest BCUT2D eigenvalue weighted by molar-refractivity contribution is 6.21. The van der Waals surface area contributed by atoms with E-state index in [0.29, 0.717) is 0 Å². The zero-order valence-electron chi connectivity index (χ0n) is 10.4. The molecule has 2 aromatic carbocycles. The normalized spacial score (nSPS) is 12.0. The van der Waals surface area contributed by atoms with Crippen molar-refractivity contribution in [3.63, 3.8) is 0 Å². The number of nitrogens with zero attached hydrogens (tertiary/aromatic N) is 4. The molecule has 0 bridgehead atoms. The van der Waals surface area contributed by atoms with Crippen molar-refractivity contribution in [2.45, 2.75) is 0 Å². The highest BCUT2D eigenvalue weighted by atomic mass is 15.5. The molecule has 0 unspecified atom stereocenters. The predicted molar refractivity (Wildman–Crippen MR) is 77.7 cm³/mol. The van der Waals surface area contributed by atoms with Gasteiger partial charge >= 0.3 is 0 Å². The summed E-state index contributed by atoms with van der Waals surface area (Å²) in [4.78, 5) is 3.49. The van der Waals surface area contributed by atoms with Gasteiger partial charge in [0, 0.05) is 16.3 Å². The summed E-state index contributed by atoms with van der Waals surface area (Å²) in [5, 5.41) is 15.5. The second kappa shape index (κ2) is 3.33. The zero-order chi connectivity index (χ0) is 13.1. The summed E-state index contributed by atoms with van der Waals surface area (Å²) in [5.74, 6) is 0. The Morgan fingerprint density at radius 2 is 1.70 bits per heavy atom. The first kappa shape index (κ1) is 9.91. The Kier molecular flexibility index (Phi) is 1.65. The second-order valence-electron chi connectivity index (χ2n) is 4.85. The van der Waals surface area contributed by atoms with Crippen LogP contribution in [0.2, 0.25) is 0 Å². The second-order valence-corrected chi connectivity index (χ2v) is 4.85. The van der Waals surface area contributed by atoms with Gasteiger partial charge in [-0.1, -0.05) is 36.4 Å². The molecule has 0 spiro atoms. The smallest absolute Gasteiger partial charge is 0.189 e. The van der Waals surface area contributed by atoms with E-state index in [1.165, 1.54) is 0 Å². The van der Waals surface area contributed by atoms with Crippen LogP contribution in [0.4, 0.5) is 0 Å².